The van der Waals surface area contributed by atoms with Crippen LogP contribution in [0, 0.1) is 0 Å². The molecule has 0 spiro atoms. The number of thiophene rings is 1. The summed E-state index contributed by atoms with van der Waals surface area (Å²) in [6.45, 7) is 5.73. The van der Waals surface area contributed by atoms with Gasteiger partial charge in [-0.1, -0.05) is 11.6 Å². The predicted octanol–water partition coefficient (Wildman–Crippen LogP) is 2.96. The number of ether oxygens (including phenoxy) is 1. The van der Waals surface area contributed by atoms with Gasteiger partial charge in [-0.3, -0.25) is 0 Å². The van der Waals surface area contributed by atoms with Crippen molar-refractivity contribution in [3.63, 3.8) is 0 Å². The van der Waals surface area contributed by atoms with Gasteiger partial charge in [0.05, 0.1) is 12.2 Å². The molecule has 0 bridgehead atoms. The van der Waals surface area contributed by atoms with Crippen LogP contribution >= 0.6 is 22.9 Å². The van der Waals surface area contributed by atoms with Gasteiger partial charge in [0.25, 0.3) is 0 Å². The van der Waals surface area contributed by atoms with Gasteiger partial charge in [-0.05, 0) is 25.3 Å². The van der Waals surface area contributed by atoms with Crippen molar-refractivity contribution in [2.75, 3.05) is 18.0 Å². The Labute approximate surface area is 115 Å². The first kappa shape index (κ1) is 12.1. The number of fused-ring (bicyclic) bond motifs is 1. The van der Waals surface area contributed by atoms with E-state index in [1.807, 2.05) is 11.4 Å². The molecule has 0 saturated carbocycles. The average molecular weight is 284 g/mol. The largest absolute Gasteiger partial charge is 0.372 e. The summed E-state index contributed by atoms with van der Waals surface area (Å²) in [6.07, 6.45) is 0.380. The lowest BCUT2D eigenvalue weighted by molar-refractivity contribution is -0.00569. The van der Waals surface area contributed by atoms with Crippen molar-refractivity contribution in [2.45, 2.75) is 26.1 Å². The molecule has 18 heavy (non-hydrogen) atoms. The normalized spacial score (nSPS) is 24.7. The number of halogens is 1. The Morgan fingerprint density at radius 1 is 1.33 bits per heavy atom. The lowest BCUT2D eigenvalue weighted by atomic mass is 10.2. The third-order valence-electron chi connectivity index (χ3n) is 2.97. The number of aromatic nitrogens is 2. The SMILES string of the molecule is CC1CN(c2nc(Cl)c3ccsc3n2)CC(C)O1. The summed E-state index contributed by atoms with van der Waals surface area (Å²) in [5.74, 6) is 0.706. The van der Waals surface area contributed by atoms with Gasteiger partial charge in [-0.2, -0.15) is 0 Å². The van der Waals surface area contributed by atoms with E-state index in [1.165, 1.54) is 0 Å². The van der Waals surface area contributed by atoms with Crippen molar-refractivity contribution in [3.05, 3.63) is 16.6 Å². The summed E-state index contributed by atoms with van der Waals surface area (Å²) in [5.41, 5.74) is 0. The highest BCUT2D eigenvalue weighted by Crippen LogP contribution is 2.28. The molecule has 96 valence electrons. The van der Waals surface area contributed by atoms with Crippen LogP contribution < -0.4 is 4.90 Å². The molecular weight excluding hydrogens is 270 g/mol. The lowest BCUT2D eigenvalue weighted by Gasteiger charge is -2.35. The molecule has 1 aliphatic heterocycles. The first-order valence-corrected chi connectivity index (χ1v) is 7.20. The summed E-state index contributed by atoms with van der Waals surface area (Å²) in [4.78, 5) is 12.1. The maximum Gasteiger partial charge on any atom is 0.228 e. The van der Waals surface area contributed by atoms with Crippen molar-refractivity contribution in [1.82, 2.24) is 9.97 Å². The second-order valence-electron chi connectivity index (χ2n) is 4.62. The second kappa shape index (κ2) is 4.64. The lowest BCUT2D eigenvalue weighted by Crippen LogP contribution is -2.46. The number of anilines is 1. The number of nitrogens with zero attached hydrogens (tertiary/aromatic N) is 3. The van der Waals surface area contributed by atoms with Gasteiger partial charge < -0.3 is 9.64 Å². The van der Waals surface area contributed by atoms with Crippen LogP contribution in [0.3, 0.4) is 0 Å². The second-order valence-corrected chi connectivity index (χ2v) is 5.87. The van der Waals surface area contributed by atoms with Gasteiger partial charge in [0.15, 0.2) is 0 Å². The summed E-state index contributed by atoms with van der Waals surface area (Å²) in [7, 11) is 0. The highest BCUT2D eigenvalue weighted by molar-refractivity contribution is 7.16. The van der Waals surface area contributed by atoms with E-state index >= 15 is 0 Å². The van der Waals surface area contributed by atoms with Crippen LogP contribution in [0.5, 0.6) is 0 Å². The Morgan fingerprint density at radius 2 is 2.06 bits per heavy atom. The molecule has 1 fully saturated rings. The first-order chi connectivity index (χ1) is 8.63. The maximum atomic E-state index is 6.19. The number of hydrogen-bond acceptors (Lipinski definition) is 5. The van der Waals surface area contributed by atoms with E-state index in [4.69, 9.17) is 16.3 Å². The van der Waals surface area contributed by atoms with Crippen LogP contribution in [0.1, 0.15) is 13.8 Å². The van der Waals surface area contributed by atoms with E-state index in [0.717, 1.165) is 23.3 Å². The Hall–Kier alpha value is -0.910. The number of hydrogen-bond donors (Lipinski definition) is 0. The summed E-state index contributed by atoms with van der Waals surface area (Å²) < 4.78 is 5.71. The van der Waals surface area contributed by atoms with Gasteiger partial charge in [0.1, 0.15) is 9.98 Å². The molecule has 2 atom stereocenters. The van der Waals surface area contributed by atoms with Crippen molar-refractivity contribution >= 4 is 39.1 Å². The molecule has 0 aromatic carbocycles. The van der Waals surface area contributed by atoms with Gasteiger partial charge in [0.2, 0.25) is 5.95 Å². The van der Waals surface area contributed by atoms with Crippen LogP contribution in [-0.2, 0) is 4.74 Å². The predicted molar refractivity (Wildman–Crippen MR) is 74.6 cm³/mol. The zero-order valence-electron chi connectivity index (χ0n) is 10.3. The fourth-order valence-electron chi connectivity index (χ4n) is 2.29. The minimum Gasteiger partial charge on any atom is -0.372 e. The van der Waals surface area contributed by atoms with E-state index in [9.17, 15) is 0 Å². The molecule has 2 aromatic heterocycles. The smallest absolute Gasteiger partial charge is 0.228 e. The molecule has 1 aliphatic rings. The van der Waals surface area contributed by atoms with E-state index in [1.54, 1.807) is 11.3 Å². The molecule has 0 aliphatic carbocycles. The monoisotopic (exact) mass is 283 g/mol. The zero-order valence-corrected chi connectivity index (χ0v) is 11.8. The molecule has 3 heterocycles. The van der Waals surface area contributed by atoms with Crippen molar-refractivity contribution in [1.29, 1.82) is 0 Å². The minimum atomic E-state index is 0.190. The Balaban J connectivity index is 1.98. The quantitative estimate of drug-likeness (QED) is 0.754. The van der Waals surface area contributed by atoms with Gasteiger partial charge >= 0.3 is 0 Å². The van der Waals surface area contributed by atoms with Crippen molar-refractivity contribution in [2.24, 2.45) is 0 Å². The van der Waals surface area contributed by atoms with E-state index < -0.39 is 0 Å². The molecule has 0 amide bonds. The Bertz CT molecular complexity index is 563. The molecule has 2 unspecified atom stereocenters. The molecule has 4 nitrogen and oxygen atoms in total. The van der Waals surface area contributed by atoms with Crippen LogP contribution in [0.2, 0.25) is 5.15 Å². The highest BCUT2D eigenvalue weighted by Gasteiger charge is 2.24. The zero-order chi connectivity index (χ0) is 12.7. The average Bonchev–Trinajstić information content (AvgIpc) is 2.76. The molecule has 0 N–H and O–H groups in total. The highest BCUT2D eigenvalue weighted by atomic mass is 35.5. The fourth-order valence-corrected chi connectivity index (χ4v) is 3.33. The summed E-state index contributed by atoms with van der Waals surface area (Å²) in [6, 6.07) is 1.96. The third kappa shape index (κ3) is 2.18. The number of morpholine rings is 1. The molecule has 2 aromatic rings. The summed E-state index contributed by atoms with van der Waals surface area (Å²) >= 11 is 7.78. The standard InChI is InChI=1S/C12H14ClN3OS/c1-7-5-16(6-8(2)17-7)12-14-10(13)9-3-4-18-11(9)15-12/h3-4,7-8H,5-6H2,1-2H3. The van der Waals surface area contributed by atoms with Gasteiger partial charge in [-0.15, -0.1) is 11.3 Å². The van der Waals surface area contributed by atoms with Crippen LogP contribution in [0.4, 0.5) is 5.95 Å². The fraction of sp³-hybridized carbons (Fsp3) is 0.500. The molecule has 3 rings (SSSR count). The van der Waals surface area contributed by atoms with E-state index in [2.05, 4.69) is 28.7 Å². The first-order valence-electron chi connectivity index (χ1n) is 5.94. The molecular formula is C12H14ClN3OS. The Morgan fingerprint density at radius 3 is 2.78 bits per heavy atom. The van der Waals surface area contributed by atoms with E-state index in [-0.39, 0.29) is 12.2 Å². The van der Waals surface area contributed by atoms with E-state index in [0.29, 0.717) is 11.1 Å². The Kier molecular flexibility index (Phi) is 3.13. The maximum absolute atomic E-state index is 6.19. The molecule has 1 saturated heterocycles. The van der Waals surface area contributed by atoms with Crippen LogP contribution in [0.25, 0.3) is 10.2 Å². The summed E-state index contributed by atoms with van der Waals surface area (Å²) in [5, 5.41) is 3.45. The van der Waals surface area contributed by atoms with Crippen molar-refractivity contribution < 1.29 is 4.74 Å². The van der Waals surface area contributed by atoms with Gasteiger partial charge in [-0.25, -0.2) is 9.97 Å². The van der Waals surface area contributed by atoms with Crippen molar-refractivity contribution in [3.8, 4) is 0 Å². The third-order valence-corrected chi connectivity index (χ3v) is 4.06. The number of rotatable bonds is 1. The minimum absolute atomic E-state index is 0.190. The molecule has 0 radical (unpaired) electrons. The van der Waals surface area contributed by atoms with Gasteiger partial charge in [0, 0.05) is 18.5 Å². The van der Waals surface area contributed by atoms with Crippen LogP contribution in [0.15, 0.2) is 11.4 Å². The topological polar surface area (TPSA) is 38.2 Å². The van der Waals surface area contributed by atoms with Crippen LogP contribution in [-0.4, -0.2) is 35.3 Å². The molecule has 6 heteroatoms.